The molecular weight excluding hydrogens is 546 g/mol. The van der Waals surface area contributed by atoms with Gasteiger partial charge in [-0.1, -0.05) is 12.1 Å². The number of methoxy groups -OCH3 is 1. The Morgan fingerprint density at radius 2 is 1.76 bits per heavy atom. The van der Waals surface area contributed by atoms with Crippen LogP contribution in [0.15, 0.2) is 18.2 Å². The summed E-state index contributed by atoms with van der Waals surface area (Å²) >= 11 is 0. The second-order valence-corrected chi connectivity index (χ2v) is 10.3. The van der Waals surface area contributed by atoms with E-state index < -0.39 is 108 Å². The minimum absolute atomic E-state index is 0.0444. The number of fused-ring (bicyclic) bond motifs is 3. The van der Waals surface area contributed by atoms with Crippen LogP contribution in [0.2, 0.25) is 0 Å². The average Bonchev–Trinajstić information content (AvgIpc) is 2.96. The highest BCUT2D eigenvalue weighted by Crippen LogP contribution is 2.52. The first-order valence-corrected chi connectivity index (χ1v) is 12.7. The van der Waals surface area contributed by atoms with E-state index in [1.165, 1.54) is 25.3 Å². The molecule has 0 aromatic heterocycles. The molecular formula is C27H29NO13. The second-order valence-electron chi connectivity index (χ2n) is 10.3. The number of carbonyl (C=O) groups excluding carboxylic acids is 3. The van der Waals surface area contributed by atoms with Crippen molar-refractivity contribution in [3.63, 3.8) is 0 Å². The Labute approximate surface area is 232 Å². The summed E-state index contributed by atoms with van der Waals surface area (Å²) in [6.07, 6.45) is -9.03. The van der Waals surface area contributed by atoms with E-state index >= 15 is 0 Å². The van der Waals surface area contributed by atoms with Crippen molar-refractivity contribution in [3.8, 4) is 17.2 Å². The molecule has 2 unspecified atom stereocenters. The summed E-state index contributed by atoms with van der Waals surface area (Å²) in [5.74, 6) is -4.28. The van der Waals surface area contributed by atoms with Gasteiger partial charge in [0, 0.05) is 29.5 Å². The van der Waals surface area contributed by atoms with Gasteiger partial charge in [-0.25, -0.2) is 0 Å². The third kappa shape index (κ3) is 4.31. The molecule has 3 aliphatic rings. The maximum atomic E-state index is 13.7. The number of hydrogen-bond donors (Lipinski definition) is 8. The molecule has 220 valence electrons. The Hall–Kier alpha value is -3.47. The zero-order valence-electron chi connectivity index (χ0n) is 21.7. The minimum Gasteiger partial charge on any atom is -0.507 e. The molecule has 2 aromatic carbocycles. The van der Waals surface area contributed by atoms with Gasteiger partial charge >= 0.3 is 0 Å². The number of Topliss-reactive ketones (excluding diaryl/α,β-unsaturated/α-hetero) is 1. The number of aliphatic hydroxyl groups excluding tert-OH is 4. The van der Waals surface area contributed by atoms with E-state index in [1.54, 1.807) is 0 Å². The molecule has 14 nitrogen and oxygen atoms in total. The average molecular weight is 576 g/mol. The van der Waals surface area contributed by atoms with E-state index in [4.69, 9.17) is 19.9 Å². The molecule has 2 aromatic rings. The van der Waals surface area contributed by atoms with Gasteiger partial charge in [0.05, 0.1) is 42.6 Å². The first-order valence-electron chi connectivity index (χ1n) is 12.7. The predicted octanol–water partition coefficient (Wildman–Crippen LogP) is -2.06. The van der Waals surface area contributed by atoms with E-state index in [9.17, 15) is 50.1 Å². The molecule has 5 rings (SSSR count). The maximum Gasteiger partial charge on any atom is 0.202 e. The van der Waals surface area contributed by atoms with Crippen molar-refractivity contribution in [2.45, 2.75) is 55.2 Å². The number of aliphatic hydroxyl groups is 5. The fourth-order valence-corrected chi connectivity index (χ4v) is 5.78. The summed E-state index contributed by atoms with van der Waals surface area (Å²) in [6, 6.07) is 2.82. The van der Waals surface area contributed by atoms with Gasteiger partial charge in [-0.15, -0.1) is 0 Å². The SMILES string of the molecule is COc1cccc2c1C(=O)c1c(O)c3c(c(O)c1C2=O)CC(O)(C(=O)CO)CC3O[C@@H]1O[C@H](CO)[C@@H](O)[C@H](O)[C@H]1N. The Balaban J connectivity index is 1.69. The number of ether oxygens (including phenoxy) is 3. The van der Waals surface area contributed by atoms with Crippen molar-refractivity contribution >= 4 is 17.3 Å². The largest absolute Gasteiger partial charge is 0.507 e. The van der Waals surface area contributed by atoms with Crippen LogP contribution in [0.4, 0.5) is 0 Å². The molecule has 1 aliphatic heterocycles. The fraction of sp³-hybridized carbons (Fsp3) is 0.444. The molecule has 1 saturated heterocycles. The molecule has 0 bridgehead atoms. The lowest BCUT2D eigenvalue weighted by molar-refractivity contribution is -0.283. The first kappa shape index (κ1) is 29.0. The van der Waals surface area contributed by atoms with Gasteiger partial charge < -0.3 is 55.7 Å². The summed E-state index contributed by atoms with van der Waals surface area (Å²) in [5, 5.41) is 73.7. The quantitative estimate of drug-likeness (QED) is 0.147. The molecule has 1 heterocycles. The van der Waals surface area contributed by atoms with Crippen molar-refractivity contribution < 1.29 is 64.3 Å². The highest BCUT2D eigenvalue weighted by Gasteiger charge is 2.51. The van der Waals surface area contributed by atoms with E-state index in [0.29, 0.717) is 0 Å². The van der Waals surface area contributed by atoms with Crippen LogP contribution in [0.5, 0.6) is 17.2 Å². The molecule has 7 atom stereocenters. The maximum absolute atomic E-state index is 13.7. The fourth-order valence-electron chi connectivity index (χ4n) is 5.78. The summed E-state index contributed by atoms with van der Waals surface area (Å²) in [5.41, 5.74) is 1.66. The topological polar surface area (TPSA) is 247 Å². The Bertz CT molecular complexity index is 1440. The van der Waals surface area contributed by atoms with Crippen molar-refractivity contribution in [1.29, 1.82) is 0 Å². The van der Waals surface area contributed by atoms with Gasteiger partial charge in [-0.3, -0.25) is 14.4 Å². The van der Waals surface area contributed by atoms with E-state index in [1.807, 2.05) is 0 Å². The van der Waals surface area contributed by atoms with Crippen molar-refractivity contribution in [3.05, 3.63) is 51.6 Å². The third-order valence-corrected chi connectivity index (χ3v) is 7.97. The molecule has 0 radical (unpaired) electrons. The summed E-state index contributed by atoms with van der Waals surface area (Å²) in [6.45, 7) is -1.84. The Morgan fingerprint density at radius 1 is 1.07 bits per heavy atom. The van der Waals surface area contributed by atoms with Crippen LogP contribution in [0.3, 0.4) is 0 Å². The third-order valence-electron chi connectivity index (χ3n) is 7.97. The van der Waals surface area contributed by atoms with Crippen LogP contribution in [-0.4, -0.2) is 110 Å². The molecule has 2 aliphatic carbocycles. The zero-order chi connectivity index (χ0) is 30.0. The van der Waals surface area contributed by atoms with Crippen molar-refractivity contribution in [2.75, 3.05) is 20.3 Å². The number of ketones is 3. The van der Waals surface area contributed by atoms with Crippen LogP contribution in [0.1, 0.15) is 55.5 Å². The summed E-state index contributed by atoms with van der Waals surface area (Å²) < 4.78 is 16.6. The minimum atomic E-state index is -2.37. The van der Waals surface area contributed by atoms with E-state index in [-0.39, 0.29) is 28.0 Å². The van der Waals surface area contributed by atoms with Gasteiger partial charge in [0.15, 0.2) is 17.9 Å². The van der Waals surface area contributed by atoms with Crippen molar-refractivity contribution in [2.24, 2.45) is 5.73 Å². The molecule has 41 heavy (non-hydrogen) atoms. The van der Waals surface area contributed by atoms with E-state index in [2.05, 4.69) is 0 Å². The molecule has 14 heteroatoms. The molecule has 0 spiro atoms. The van der Waals surface area contributed by atoms with Gasteiger partial charge in [-0.2, -0.15) is 0 Å². The number of hydrogen-bond acceptors (Lipinski definition) is 14. The van der Waals surface area contributed by atoms with Gasteiger partial charge in [-0.05, 0) is 6.07 Å². The van der Waals surface area contributed by atoms with Gasteiger partial charge in [0.25, 0.3) is 0 Å². The standard InChI is InChI=1S/C27H29NO13/c1-39-11-4-2-3-9-15(11)23(35)18-17(20(9)32)21(33)10-5-27(38,14(31)8-30)6-12(16(10)24(18)36)40-26-19(28)25(37)22(34)13(7-29)41-26/h2-4,12-13,19,22,25-26,29-30,33-34,36-38H,5-8,28H2,1H3/t12?,13-,19-,22-,25-,26-,27?/m1/s1. The number of aromatic hydroxyl groups is 2. The number of carbonyl (C=O) groups is 3. The Morgan fingerprint density at radius 3 is 2.39 bits per heavy atom. The van der Waals surface area contributed by atoms with Crippen LogP contribution >= 0.6 is 0 Å². The summed E-state index contributed by atoms with van der Waals surface area (Å²) in [7, 11) is 1.29. The zero-order valence-corrected chi connectivity index (χ0v) is 21.7. The molecule has 1 fully saturated rings. The van der Waals surface area contributed by atoms with Gasteiger partial charge in [0.2, 0.25) is 5.78 Å². The first-order chi connectivity index (χ1) is 19.4. The predicted molar refractivity (Wildman–Crippen MR) is 135 cm³/mol. The monoisotopic (exact) mass is 575 g/mol. The van der Waals surface area contributed by atoms with Crippen LogP contribution in [0, 0.1) is 0 Å². The van der Waals surface area contributed by atoms with Crippen LogP contribution < -0.4 is 10.5 Å². The lowest BCUT2D eigenvalue weighted by atomic mass is 9.72. The molecule has 0 amide bonds. The number of nitrogens with two attached hydrogens (primary N) is 1. The number of rotatable bonds is 6. The highest BCUT2D eigenvalue weighted by atomic mass is 16.7. The smallest absolute Gasteiger partial charge is 0.202 e. The van der Waals surface area contributed by atoms with Crippen molar-refractivity contribution in [1.82, 2.24) is 0 Å². The number of phenols is 2. The van der Waals surface area contributed by atoms with Crippen LogP contribution in [0.25, 0.3) is 0 Å². The lowest BCUT2D eigenvalue weighted by Crippen LogP contribution is -2.63. The number of benzene rings is 2. The molecule has 9 N–H and O–H groups in total. The highest BCUT2D eigenvalue weighted by molar-refractivity contribution is 6.31. The van der Waals surface area contributed by atoms with E-state index in [0.717, 1.165) is 0 Å². The number of phenolic OH excluding ortho intramolecular Hbond substituents is 2. The Kier molecular flexibility index (Phi) is 7.38. The van der Waals surface area contributed by atoms with Gasteiger partial charge in [0.1, 0.15) is 47.8 Å². The normalized spacial score (nSPS) is 30.8. The second kappa shape index (κ2) is 10.4. The summed E-state index contributed by atoms with van der Waals surface area (Å²) in [4.78, 5) is 39.8. The van der Waals surface area contributed by atoms with Crippen LogP contribution in [-0.2, 0) is 20.7 Å². The lowest BCUT2D eigenvalue weighted by Gasteiger charge is -2.44. The molecule has 0 saturated carbocycles.